The molecule has 0 N–H and O–H groups in total. The monoisotopic (exact) mass is 140 g/mol. The third-order valence-electron chi connectivity index (χ3n) is 2.69. The molecule has 0 aliphatic heterocycles. The van der Waals surface area contributed by atoms with E-state index in [1.807, 2.05) is 0 Å². The highest BCUT2D eigenvalue weighted by molar-refractivity contribution is 4.78. The van der Waals surface area contributed by atoms with Gasteiger partial charge in [0.15, 0.2) is 0 Å². The standard InChI is InChI=1S/C10H20/c1-3-4-5-6-9(2)10-7-8-10/h9-10H,3-8H2,1-2H3. The topological polar surface area (TPSA) is 0 Å². The Labute approximate surface area is 65.0 Å². The van der Waals surface area contributed by atoms with Crippen LogP contribution in [0.4, 0.5) is 0 Å². The summed E-state index contributed by atoms with van der Waals surface area (Å²) >= 11 is 0. The third-order valence-corrected chi connectivity index (χ3v) is 2.69. The van der Waals surface area contributed by atoms with Crippen LogP contribution in [0.5, 0.6) is 0 Å². The van der Waals surface area contributed by atoms with Gasteiger partial charge in [-0.05, 0) is 24.7 Å². The van der Waals surface area contributed by atoms with Gasteiger partial charge in [-0.3, -0.25) is 0 Å². The van der Waals surface area contributed by atoms with Crippen molar-refractivity contribution in [2.45, 2.75) is 52.4 Å². The van der Waals surface area contributed by atoms with E-state index in [0.29, 0.717) is 0 Å². The van der Waals surface area contributed by atoms with Gasteiger partial charge in [0.05, 0.1) is 0 Å². The molecule has 0 aromatic rings. The molecule has 1 saturated carbocycles. The Bertz CT molecular complexity index is 82.0. The molecular formula is C10H20. The van der Waals surface area contributed by atoms with E-state index in [9.17, 15) is 0 Å². The molecule has 0 nitrogen and oxygen atoms in total. The van der Waals surface area contributed by atoms with E-state index >= 15 is 0 Å². The van der Waals surface area contributed by atoms with Crippen molar-refractivity contribution >= 4 is 0 Å². The van der Waals surface area contributed by atoms with Crippen LogP contribution < -0.4 is 0 Å². The average Bonchev–Trinajstić information content (AvgIpc) is 2.69. The molecule has 10 heavy (non-hydrogen) atoms. The van der Waals surface area contributed by atoms with Crippen molar-refractivity contribution in [3.63, 3.8) is 0 Å². The Hall–Kier alpha value is 0. The highest BCUT2D eigenvalue weighted by Gasteiger charge is 2.26. The summed E-state index contributed by atoms with van der Waals surface area (Å²) in [6, 6.07) is 0. The van der Waals surface area contributed by atoms with Gasteiger partial charge >= 0.3 is 0 Å². The second-order valence-electron chi connectivity index (χ2n) is 3.81. The molecule has 0 amide bonds. The van der Waals surface area contributed by atoms with E-state index in [4.69, 9.17) is 0 Å². The van der Waals surface area contributed by atoms with Crippen molar-refractivity contribution in [2.75, 3.05) is 0 Å². The summed E-state index contributed by atoms with van der Waals surface area (Å²) in [4.78, 5) is 0. The Balaban J connectivity index is 1.90. The summed E-state index contributed by atoms with van der Waals surface area (Å²) in [6.45, 7) is 4.70. The van der Waals surface area contributed by atoms with Crippen LogP contribution in [0.2, 0.25) is 0 Å². The molecule has 1 atom stereocenters. The van der Waals surface area contributed by atoms with Crippen LogP contribution in [-0.4, -0.2) is 0 Å². The number of rotatable bonds is 5. The molecule has 60 valence electrons. The number of hydrogen-bond donors (Lipinski definition) is 0. The molecule has 1 unspecified atom stereocenters. The summed E-state index contributed by atoms with van der Waals surface area (Å²) in [6.07, 6.45) is 8.81. The van der Waals surface area contributed by atoms with Gasteiger partial charge in [0.2, 0.25) is 0 Å². The Morgan fingerprint density at radius 2 is 2.00 bits per heavy atom. The molecule has 0 spiro atoms. The molecule has 1 aliphatic carbocycles. The van der Waals surface area contributed by atoms with E-state index in [2.05, 4.69) is 13.8 Å². The summed E-state index contributed by atoms with van der Waals surface area (Å²) in [5.74, 6) is 2.16. The van der Waals surface area contributed by atoms with Gasteiger partial charge in [-0.15, -0.1) is 0 Å². The van der Waals surface area contributed by atoms with Crippen LogP contribution in [0.25, 0.3) is 0 Å². The second kappa shape index (κ2) is 4.00. The van der Waals surface area contributed by atoms with Gasteiger partial charge in [-0.2, -0.15) is 0 Å². The predicted octanol–water partition coefficient (Wildman–Crippen LogP) is 3.61. The van der Waals surface area contributed by atoms with E-state index in [0.717, 1.165) is 11.8 Å². The van der Waals surface area contributed by atoms with Crippen LogP contribution in [0.3, 0.4) is 0 Å². The molecule has 0 aromatic carbocycles. The molecule has 0 bridgehead atoms. The van der Waals surface area contributed by atoms with Crippen LogP contribution in [0.1, 0.15) is 52.4 Å². The fourth-order valence-electron chi connectivity index (χ4n) is 1.62. The fourth-order valence-corrected chi connectivity index (χ4v) is 1.62. The smallest absolute Gasteiger partial charge is 0.0388 e. The summed E-state index contributed by atoms with van der Waals surface area (Å²) in [7, 11) is 0. The minimum atomic E-state index is 1.03. The first-order valence-corrected chi connectivity index (χ1v) is 4.84. The Morgan fingerprint density at radius 3 is 2.50 bits per heavy atom. The third kappa shape index (κ3) is 2.72. The lowest BCUT2D eigenvalue weighted by atomic mass is 9.99. The van der Waals surface area contributed by atoms with Crippen LogP contribution >= 0.6 is 0 Å². The number of hydrogen-bond acceptors (Lipinski definition) is 0. The summed E-state index contributed by atoms with van der Waals surface area (Å²) in [5.41, 5.74) is 0. The van der Waals surface area contributed by atoms with Crippen LogP contribution in [0, 0.1) is 11.8 Å². The first-order valence-electron chi connectivity index (χ1n) is 4.84. The SMILES string of the molecule is CCCCCC(C)C1CC1. The van der Waals surface area contributed by atoms with E-state index < -0.39 is 0 Å². The van der Waals surface area contributed by atoms with Gasteiger partial charge in [-0.25, -0.2) is 0 Å². The van der Waals surface area contributed by atoms with E-state index in [-0.39, 0.29) is 0 Å². The quantitative estimate of drug-likeness (QED) is 0.512. The Kier molecular flexibility index (Phi) is 3.24. The van der Waals surface area contributed by atoms with E-state index in [1.54, 1.807) is 0 Å². The minimum absolute atomic E-state index is 1.03. The van der Waals surface area contributed by atoms with E-state index in [1.165, 1.54) is 38.5 Å². The lowest BCUT2D eigenvalue weighted by Gasteiger charge is -2.07. The molecule has 1 aliphatic rings. The van der Waals surface area contributed by atoms with Gasteiger partial charge in [0, 0.05) is 0 Å². The van der Waals surface area contributed by atoms with Crippen molar-refractivity contribution in [2.24, 2.45) is 11.8 Å². The van der Waals surface area contributed by atoms with Crippen molar-refractivity contribution in [3.05, 3.63) is 0 Å². The lowest BCUT2D eigenvalue weighted by molar-refractivity contribution is 0.444. The van der Waals surface area contributed by atoms with Crippen LogP contribution in [0.15, 0.2) is 0 Å². The maximum Gasteiger partial charge on any atom is -0.0388 e. The highest BCUT2D eigenvalue weighted by atomic mass is 14.3. The first kappa shape index (κ1) is 8.10. The molecule has 1 rings (SSSR count). The molecule has 0 heterocycles. The second-order valence-corrected chi connectivity index (χ2v) is 3.81. The van der Waals surface area contributed by atoms with Crippen molar-refractivity contribution in [3.8, 4) is 0 Å². The normalized spacial score (nSPS) is 21.0. The van der Waals surface area contributed by atoms with Crippen molar-refractivity contribution in [1.82, 2.24) is 0 Å². The first-order chi connectivity index (χ1) is 4.84. The van der Waals surface area contributed by atoms with Gasteiger partial charge < -0.3 is 0 Å². The molecule has 1 fully saturated rings. The van der Waals surface area contributed by atoms with Crippen molar-refractivity contribution < 1.29 is 0 Å². The van der Waals surface area contributed by atoms with Gasteiger partial charge in [0.25, 0.3) is 0 Å². The zero-order valence-corrected chi connectivity index (χ0v) is 7.40. The molecule has 0 saturated heterocycles. The minimum Gasteiger partial charge on any atom is -0.0654 e. The molecule has 0 heteroatoms. The lowest BCUT2D eigenvalue weighted by Crippen LogP contribution is -1.95. The summed E-state index contributed by atoms with van der Waals surface area (Å²) in [5, 5.41) is 0. The van der Waals surface area contributed by atoms with Crippen molar-refractivity contribution in [1.29, 1.82) is 0 Å². The maximum atomic E-state index is 2.42. The fraction of sp³-hybridized carbons (Fsp3) is 1.00. The molecule has 0 aromatic heterocycles. The average molecular weight is 140 g/mol. The Morgan fingerprint density at radius 1 is 1.30 bits per heavy atom. The largest absolute Gasteiger partial charge is 0.0654 e. The summed E-state index contributed by atoms with van der Waals surface area (Å²) < 4.78 is 0. The van der Waals surface area contributed by atoms with Crippen LogP contribution in [-0.2, 0) is 0 Å². The number of unbranched alkanes of at least 4 members (excludes halogenated alkanes) is 2. The zero-order chi connectivity index (χ0) is 7.40. The van der Waals surface area contributed by atoms with Gasteiger partial charge in [0.1, 0.15) is 0 Å². The zero-order valence-electron chi connectivity index (χ0n) is 7.40. The molecule has 0 radical (unpaired) electrons. The maximum absolute atomic E-state index is 2.42. The molecular weight excluding hydrogens is 120 g/mol. The predicted molar refractivity (Wildman–Crippen MR) is 46.0 cm³/mol. The highest BCUT2D eigenvalue weighted by Crippen LogP contribution is 2.38. The van der Waals surface area contributed by atoms with Gasteiger partial charge in [-0.1, -0.05) is 39.5 Å².